The van der Waals surface area contributed by atoms with E-state index in [9.17, 15) is 13.5 Å². The molecule has 0 aliphatic heterocycles. The zero-order valence-corrected chi connectivity index (χ0v) is 10.1. The van der Waals surface area contributed by atoms with Crippen molar-refractivity contribution < 1.29 is 18.3 Å². The molecule has 0 aromatic carbocycles. The van der Waals surface area contributed by atoms with Gasteiger partial charge in [-0.05, 0) is 12.3 Å². The zero-order chi connectivity index (χ0) is 11.4. The molecule has 1 N–H and O–H groups in total. The van der Waals surface area contributed by atoms with Crippen LogP contribution in [0.25, 0.3) is 0 Å². The van der Waals surface area contributed by atoms with Crippen LogP contribution >= 0.6 is 0 Å². The van der Waals surface area contributed by atoms with Crippen LogP contribution in [0.3, 0.4) is 0 Å². The second kappa shape index (κ2) is 5.09. The summed E-state index contributed by atoms with van der Waals surface area (Å²) in [7, 11) is -1.53. The summed E-state index contributed by atoms with van der Waals surface area (Å²) in [5, 5.41) is 10.1. The molecule has 0 radical (unpaired) electrons. The number of methoxy groups -OCH3 is 1. The summed E-state index contributed by atoms with van der Waals surface area (Å²) in [6, 6.07) is 0. The van der Waals surface area contributed by atoms with Crippen molar-refractivity contribution >= 4 is 9.84 Å². The lowest BCUT2D eigenvalue weighted by atomic mass is 9.89. The molecule has 0 aromatic heterocycles. The molecule has 0 bridgehead atoms. The number of rotatable bonds is 6. The van der Waals surface area contributed by atoms with Crippen molar-refractivity contribution in [1.29, 1.82) is 0 Å². The minimum atomic E-state index is -3.02. The van der Waals surface area contributed by atoms with E-state index in [4.69, 9.17) is 4.74 Å². The highest BCUT2D eigenvalue weighted by Crippen LogP contribution is 2.22. The zero-order valence-electron chi connectivity index (χ0n) is 9.28. The summed E-state index contributed by atoms with van der Waals surface area (Å²) in [6.45, 7) is 3.86. The van der Waals surface area contributed by atoms with Crippen LogP contribution in [-0.2, 0) is 14.6 Å². The molecule has 0 spiro atoms. The average Bonchev–Trinajstić information content (AvgIpc) is 2.00. The number of hydrogen-bond donors (Lipinski definition) is 1. The van der Waals surface area contributed by atoms with E-state index < -0.39 is 15.4 Å². The molecule has 4 nitrogen and oxygen atoms in total. The number of hydrogen-bond acceptors (Lipinski definition) is 4. The van der Waals surface area contributed by atoms with E-state index in [2.05, 4.69) is 0 Å². The highest BCUT2D eigenvalue weighted by molar-refractivity contribution is 7.90. The van der Waals surface area contributed by atoms with E-state index in [1.54, 1.807) is 0 Å². The summed E-state index contributed by atoms with van der Waals surface area (Å²) < 4.78 is 26.8. The van der Waals surface area contributed by atoms with Crippen LogP contribution in [0.15, 0.2) is 0 Å². The summed E-state index contributed by atoms with van der Waals surface area (Å²) in [5.41, 5.74) is -1.04. The molecule has 0 aliphatic rings. The van der Waals surface area contributed by atoms with Crippen LogP contribution in [0.5, 0.6) is 0 Å². The molecule has 86 valence electrons. The SMILES string of the molecule is COCC(O)(CCS(C)(=O)=O)C(C)C. The quantitative estimate of drug-likeness (QED) is 0.711. The predicted octanol–water partition coefficient (Wildman–Crippen LogP) is 0.455. The molecular weight excluding hydrogens is 204 g/mol. The fraction of sp³-hybridized carbons (Fsp3) is 1.00. The van der Waals surface area contributed by atoms with Crippen molar-refractivity contribution in [2.75, 3.05) is 25.7 Å². The van der Waals surface area contributed by atoms with Crippen LogP contribution < -0.4 is 0 Å². The summed E-state index contributed by atoms with van der Waals surface area (Å²) in [4.78, 5) is 0. The highest BCUT2D eigenvalue weighted by Gasteiger charge is 2.31. The molecule has 0 heterocycles. The maximum Gasteiger partial charge on any atom is 0.147 e. The second-order valence-electron chi connectivity index (χ2n) is 4.07. The Hall–Kier alpha value is -0.130. The van der Waals surface area contributed by atoms with Gasteiger partial charge in [-0.2, -0.15) is 0 Å². The van der Waals surface area contributed by atoms with Gasteiger partial charge < -0.3 is 9.84 Å². The Morgan fingerprint density at radius 2 is 1.93 bits per heavy atom. The van der Waals surface area contributed by atoms with E-state index in [0.29, 0.717) is 0 Å². The second-order valence-corrected chi connectivity index (χ2v) is 6.33. The maximum atomic E-state index is 11.0. The Kier molecular flexibility index (Phi) is 5.05. The Morgan fingerprint density at radius 1 is 1.43 bits per heavy atom. The molecule has 0 saturated carbocycles. The van der Waals surface area contributed by atoms with Crippen LogP contribution in [0.4, 0.5) is 0 Å². The van der Waals surface area contributed by atoms with Crippen LogP contribution in [0, 0.1) is 5.92 Å². The summed E-state index contributed by atoms with van der Waals surface area (Å²) >= 11 is 0. The van der Waals surface area contributed by atoms with E-state index in [-0.39, 0.29) is 24.7 Å². The third-order valence-electron chi connectivity index (χ3n) is 2.37. The summed E-state index contributed by atoms with van der Waals surface area (Å²) in [5.74, 6) is -0.0328. The van der Waals surface area contributed by atoms with Gasteiger partial charge in [0.2, 0.25) is 0 Å². The molecular formula is C9H20O4S. The van der Waals surface area contributed by atoms with Crippen molar-refractivity contribution in [3.63, 3.8) is 0 Å². The average molecular weight is 224 g/mol. The van der Waals surface area contributed by atoms with Crippen molar-refractivity contribution in [3.8, 4) is 0 Å². The monoisotopic (exact) mass is 224 g/mol. The molecule has 0 aliphatic carbocycles. The largest absolute Gasteiger partial charge is 0.387 e. The van der Waals surface area contributed by atoms with Gasteiger partial charge in [-0.25, -0.2) is 8.42 Å². The molecule has 1 atom stereocenters. The van der Waals surface area contributed by atoms with Crippen LogP contribution in [-0.4, -0.2) is 44.9 Å². The summed E-state index contributed by atoms with van der Waals surface area (Å²) in [6.07, 6.45) is 1.39. The first-order valence-electron chi connectivity index (χ1n) is 4.60. The smallest absolute Gasteiger partial charge is 0.147 e. The van der Waals surface area contributed by atoms with Crippen molar-refractivity contribution in [3.05, 3.63) is 0 Å². The first kappa shape index (κ1) is 13.9. The van der Waals surface area contributed by atoms with Gasteiger partial charge in [0.25, 0.3) is 0 Å². The first-order valence-corrected chi connectivity index (χ1v) is 6.66. The third-order valence-corrected chi connectivity index (χ3v) is 3.32. The number of aliphatic hydroxyl groups is 1. The predicted molar refractivity (Wildman–Crippen MR) is 56.0 cm³/mol. The minimum absolute atomic E-state index is 0.00889. The van der Waals surface area contributed by atoms with E-state index >= 15 is 0 Å². The van der Waals surface area contributed by atoms with Gasteiger partial charge in [-0.1, -0.05) is 13.8 Å². The van der Waals surface area contributed by atoms with Gasteiger partial charge >= 0.3 is 0 Å². The lowest BCUT2D eigenvalue weighted by molar-refractivity contribution is -0.0660. The fourth-order valence-electron chi connectivity index (χ4n) is 1.14. The Bertz CT molecular complexity index is 258. The number of sulfone groups is 1. The molecule has 0 saturated heterocycles. The molecule has 14 heavy (non-hydrogen) atoms. The van der Waals surface area contributed by atoms with Gasteiger partial charge in [0.1, 0.15) is 9.84 Å². The van der Waals surface area contributed by atoms with E-state index in [1.165, 1.54) is 13.4 Å². The highest BCUT2D eigenvalue weighted by atomic mass is 32.2. The Balaban J connectivity index is 4.38. The van der Waals surface area contributed by atoms with Gasteiger partial charge in [0.05, 0.1) is 18.0 Å². The van der Waals surface area contributed by atoms with Crippen molar-refractivity contribution in [1.82, 2.24) is 0 Å². The third kappa shape index (κ3) is 4.93. The van der Waals surface area contributed by atoms with Gasteiger partial charge in [-0.3, -0.25) is 0 Å². The first-order chi connectivity index (χ1) is 6.21. The molecule has 5 heteroatoms. The minimum Gasteiger partial charge on any atom is -0.387 e. The standard InChI is InChI=1S/C9H20O4S/c1-8(2)9(10,7-13-3)5-6-14(4,11)12/h8,10H,5-7H2,1-4H3. The van der Waals surface area contributed by atoms with E-state index in [1.807, 2.05) is 13.8 Å². The molecule has 0 amide bonds. The van der Waals surface area contributed by atoms with Crippen molar-refractivity contribution in [2.45, 2.75) is 25.9 Å². The fourth-order valence-corrected chi connectivity index (χ4v) is 1.86. The van der Waals surface area contributed by atoms with Gasteiger partial charge in [0, 0.05) is 13.4 Å². The number of ether oxygens (including phenoxy) is 1. The Morgan fingerprint density at radius 3 is 2.21 bits per heavy atom. The maximum absolute atomic E-state index is 11.0. The van der Waals surface area contributed by atoms with Gasteiger partial charge in [-0.15, -0.1) is 0 Å². The normalized spacial score (nSPS) is 17.0. The van der Waals surface area contributed by atoms with Crippen molar-refractivity contribution in [2.24, 2.45) is 5.92 Å². The topological polar surface area (TPSA) is 63.6 Å². The lowest BCUT2D eigenvalue weighted by Crippen LogP contribution is -2.41. The molecule has 0 rings (SSSR count). The van der Waals surface area contributed by atoms with Crippen LogP contribution in [0.1, 0.15) is 20.3 Å². The molecule has 0 aromatic rings. The van der Waals surface area contributed by atoms with Gasteiger partial charge in [0.15, 0.2) is 0 Å². The van der Waals surface area contributed by atoms with Crippen LogP contribution in [0.2, 0.25) is 0 Å². The molecule has 0 fully saturated rings. The lowest BCUT2D eigenvalue weighted by Gasteiger charge is -2.31. The molecule has 1 unspecified atom stereocenters. The van der Waals surface area contributed by atoms with E-state index in [0.717, 1.165) is 0 Å². The Labute approximate surface area is 86.2 Å².